The Hall–Kier alpha value is -2.28. The molecular weight excluding hydrogens is 232 g/mol. The first-order valence-corrected chi connectivity index (χ1v) is 6.54. The molecule has 0 radical (unpaired) electrons. The molecule has 94 valence electrons. The average molecular weight is 248 g/mol. The molecule has 1 aliphatic heterocycles. The van der Waals surface area contributed by atoms with Crippen molar-refractivity contribution in [3.8, 4) is 11.1 Å². The maximum Gasteiger partial charge on any atom is 0.106 e. The second kappa shape index (κ2) is 5.57. The quantitative estimate of drug-likeness (QED) is 0.575. The van der Waals surface area contributed by atoms with E-state index in [2.05, 4.69) is 48.5 Å². The van der Waals surface area contributed by atoms with Crippen molar-refractivity contribution in [2.75, 3.05) is 6.61 Å². The summed E-state index contributed by atoms with van der Waals surface area (Å²) in [5, 5.41) is 0. The summed E-state index contributed by atoms with van der Waals surface area (Å²) in [6.07, 6.45) is 8.57. The Kier molecular flexibility index (Phi) is 3.46. The minimum absolute atomic E-state index is 0.733. The third kappa shape index (κ3) is 2.60. The molecule has 2 aliphatic rings. The van der Waals surface area contributed by atoms with Crippen molar-refractivity contribution in [2.45, 2.75) is 6.42 Å². The van der Waals surface area contributed by atoms with Crippen LogP contribution in [-0.4, -0.2) is 6.61 Å². The highest BCUT2D eigenvalue weighted by Crippen LogP contribution is 2.35. The average Bonchev–Trinajstić information content (AvgIpc) is 2.88. The maximum absolute atomic E-state index is 4.80. The fraction of sp³-hybridized carbons (Fsp3) is 0.111. The summed E-state index contributed by atoms with van der Waals surface area (Å²) >= 11 is 0. The molecule has 0 N–H and O–H groups in total. The first kappa shape index (κ1) is 11.8. The lowest BCUT2D eigenvalue weighted by atomic mass is 10.1. The number of benzene rings is 2. The lowest BCUT2D eigenvalue weighted by molar-refractivity contribution is 0.286. The number of hydrogen-bond acceptors (Lipinski definition) is 1. The molecule has 1 nitrogen and oxygen atoms in total. The third-order valence-electron chi connectivity index (χ3n) is 3.32. The molecule has 2 aromatic rings. The summed E-state index contributed by atoms with van der Waals surface area (Å²) in [7, 11) is 0. The first-order chi connectivity index (χ1) is 9.45. The summed E-state index contributed by atoms with van der Waals surface area (Å²) in [5.41, 5.74) is 5.75. The van der Waals surface area contributed by atoms with Crippen molar-refractivity contribution in [1.82, 2.24) is 0 Å². The summed E-state index contributed by atoms with van der Waals surface area (Å²) in [4.78, 5) is 0. The predicted octanol–water partition coefficient (Wildman–Crippen LogP) is 4.34. The molecule has 4 rings (SSSR count). The van der Waals surface area contributed by atoms with Crippen LogP contribution < -0.4 is 0 Å². The van der Waals surface area contributed by atoms with Gasteiger partial charge in [0.1, 0.15) is 6.61 Å². The zero-order valence-corrected chi connectivity index (χ0v) is 10.8. The predicted molar refractivity (Wildman–Crippen MR) is 78.9 cm³/mol. The molecule has 0 atom stereocenters. The molecule has 0 unspecified atom stereocenters. The van der Waals surface area contributed by atoms with Crippen molar-refractivity contribution < 1.29 is 4.74 Å². The van der Waals surface area contributed by atoms with Crippen LogP contribution in [0.3, 0.4) is 0 Å². The Morgan fingerprint density at radius 2 is 1.37 bits per heavy atom. The van der Waals surface area contributed by atoms with Crippen LogP contribution >= 0.6 is 0 Å². The van der Waals surface area contributed by atoms with Crippen LogP contribution in [0.4, 0.5) is 0 Å². The molecule has 1 aliphatic carbocycles. The normalized spacial score (nSPS) is 13.9. The van der Waals surface area contributed by atoms with Crippen molar-refractivity contribution in [2.24, 2.45) is 0 Å². The van der Waals surface area contributed by atoms with Crippen LogP contribution in [0, 0.1) is 0 Å². The van der Waals surface area contributed by atoms with E-state index < -0.39 is 0 Å². The van der Waals surface area contributed by atoms with Gasteiger partial charge in [-0.25, -0.2) is 0 Å². The smallest absolute Gasteiger partial charge is 0.106 e. The fourth-order valence-electron chi connectivity index (χ4n) is 2.43. The largest absolute Gasteiger partial charge is 0.497 e. The van der Waals surface area contributed by atoms with Gasteiger partial charge in [0.2, 0.25) is 0 Å². The van der Waals surface area contributed by atoms with Crippen LogP contribution in [0.2, 0.25) is 0 Å². The maximum atomic E-state index is 4.80. The van der Waals surface area contributed by atoms with Crippen molar-refractivity contribution >= 4 is 0 Å². The van der Waals surface area contributed by atoms with E-state index in [-0.39, 0.29) is 0 Å². The number of rotatable bonds is 0. The molecule has 0 bridgehead atoms. The fourth-order valence-corrected chi connectivity index (χ4v) is 2.43. The highest BCUT2D eigenvalue weighted by molar-refractivity contribution is 5.76. The molecule has 0 spiro atoms. The van der Waals surface area contributed by atoms with E-state index >= 15 is 0 Å². The molecule has 0 amide bonds. The van der Waals surface area contributed by atoms with Gasteiger partial charge in [-0.2, -0.15) is 0 Å². The molecule has 0 saturated carbocycles. The van der Waals surface area contributed by atoms with Gasteiger partial charge in [0, 0.05) is 0 Å². The topological polar surface area (TPSA) is 9.23 Å². The van der Waals surface area contributed by atoms with Gasteiger partial charge in [0.15, 0.2) is 0 Å². The Morgan fingerprint density at radius 3 is 1.79 bits per heavy atom. The van der Waals surface area contributed by atoms with Crippen LogP contribution in [0.5, 0.6) is 0 Å². The van der Waals surface area contributed by atoms with Crippen molar-refractivity contribution in [3.63, 3.8) is 0 Å². The van der Waals surface area contributed by atoms with Crippen molar-refractivity contribution in [3.05, 3.63) is 84.1 Å². The van der Waals surface area contributed by atoms with Gasteiger partial charge in [0.05, 0.1) is 6.26 Å². The SMILES string of the molecule is C1=CCOC=C1.c1ccc2c(c1)Cc1ccccc1-2. The highest BCUT2D eigenvalue weighted by atomic mass is 16.5. The summed E-state index contributed by atoms with van der Waals surface area (Å²) in [5.74, 6) is 0. The molecule has 19 heavy (non-hydrogen) atoms. The number of ether oxygens (including phenoxy) is 1. The van der Waals surface area contributed by atoms with E-state index in [0.717, 1.165) is 13.0 Å². The van der Waals surface area contributed by atoms with E-state index in [0.29, 0.717) is 0 Å². The number of hydrogen-bond donors (Lipinski definition) is 0. The number of fused-ring (bicyclic) bond motifs is 3. The summed E-state index contributed by atoms with van der Waals surface area (Å²) < 4.78 is 4.80. The summed E-state index contributed by atoms with van der Waals surface area (Å²) in [6.45, 7) is 0.733. The number of allylic oxidation sites excluding steroid dienone is 2. The van der Waals surface area contributed by atoms with Crippen LogP contribution in [0.15, 0.2) is 73.0 Å². The molecule has 2 aromatic carbocycles. The van der Waals surface area contributed by atoms with E-state index in [1.165, 1.54) is 22.3 Å². The third-order valence-corrected chi connectivity index (χ3v) is 3.32. The van der Waals surface area contributed by atoms with Crippen LogP contribution in [0.25, 0.3) is 11.1 Å². The van der Waals surface area contributed by atoms with Crippen LogP contribution in [0.1, 0.15) is 11.1 Å². The zero-order valence-electron chi connectivity index (χ0n) is 10.8. The van der Waals surface area contributed by atoms with E-state index in [1.807, 2.05) is 18.2 Å². The standard InChI is InChI=1S/C13H10.C5H6O/c1-3-7-12-10(5-1)9-11-6-2-4-8-13(11)12;1-2-4-6-5-3-1/h1-8H,9H2;1-4H,5H2. The molecule has 0 fully saturated rings. The van der Waals surface area contributed by atoms with Gasteiger partial charge in [-0.05, 0) is 40.8 Å². The Balaban J connectivity index is 0.000000155. The van der Waals surface area contributed by atoms with Crippen LogP contribution in [-0.2, 0) is 11.2 Å². The minimum Gasteiger partial charge on any atom is -0.497 e. The minimum atomic E-state index is 0.733. The monoisotopic (exact) mass is 248 g/mol. The van der Waals surface area contributed by atoms with E-state index in [1.54, 1.807) is 6.26 Å². The molecule has 1 heteroatoms. The van der Waals surface area contributed by atoms with Gasteiger partial charge >= 0.3 is 0 Å². The lowest BCUT2D eigenvalue weighted by Gasteiger charge is -1.98. The van der Waals surface area contributed by atoms with Crippen molar-refractivity contribution in [1.29, 1.82) is 0 Å². The Morgan fingerprint density at radius 1 is 0.737 bits per heavy atom. The van der Waals surface area contributed by atoms with Gasteiger partial charge in [-0.1, -0.05) is 54.6 Å². The van der Waals surface area contributed by atoms with Gasteiger partial charge in [-0.3, -0.25) is 0 Å². The zero-order chi connectivity index (χ0) is 12.9. The molecule has 1 heterocycles. The van der Waals surface area contributed by atoms with Gasteiger partial charge in [0.25, 0.3) is 0 Å². The molecular formula is C18H16O. The molecule has 0 saturated heterocycles. The van der Waals surface area contributed by atoms with Gasteiger partial charge < -0.3 is 4.74 Å². The Bertz CT molecular complexity index is 568. The van der Waals surface area contributed by atoms with E-state index in [4.69, 9.17) is 4.74 Å². The second-order valence-corrected chi connectivity index (χ2v) is 4.58. The molecule has 0 aromatic heterocycles. The lowest BCUT2D eigenvalue weighted by Crippen LogP contribution is -1.82. The van der Waals surface area contributed by atoms with Gasteiger partial charge in [-0.15, -0.1) is 0 Å². The first-order valence-electron chi connectivity index (χ1n) is 6.54. The highest BCUT2D eigenvalue weighted by Gasteiger charge is 2.15. The summed E-state index contributed by atoms with van der Waals surface area (Å²) in [6, 6.07) is 17.3. The second-order valence-electron chi connectivity index (χ2n) is 4.58. The Labute approximate surface area is 113 Å². The van der Waals surface area contributed by atoms with E-state index in [9.17, 15) is 0 Å².